The van der Waals surface area contributed by atoms with E-state index in [0.717, 1.165) is 37.6 Å². The van der Waals surface area contributed by atoms with Gasteiger partial charge in [0, 0.05) is 45.0 Å². The number of hydrogen-bond acceptors (Lipinski definition) is 5. The Morgan fingerprint density at radius 2 is 1.76 bits per heavy atom. The normalized spacial score (nSPS) is 19.4. The number of carbonyl (C=O) groups is 2. The van der Waals surface area contributed by atoms with E-state index >= 15 is 0 Å². The number of methoxy groups -OCH3 is 1. The first-order valence-electron chi connectivity index (χ1n) is 8.50. The smallest absolute Gasteiger partial charge is 0.325 e. The second kappa shape index (κ2) is 7.71. The average Bonchev–Trinajstić information content (AvgIpc) is 2.97. The van der Waals surface area contributed by atoms with Crippen LogP contribution in [0.5, 0.6) is 5.75 Å². The maximum absolute atomic E-state index is 12.6. The lowest BCUT2D eigenvalue weighted by molar-refractivity contribution is -0.127. The summed E-state index contributed by atoms with van der Waals surface area (Å²) >= 11 is 0. The number of likely N-dealkylation sites (N-methyl/N-ethyl adjacent to an activating group) is 1. The molecule has 8 heteroatoms. The van der Waals surface area contributed by atoms with Gasteiger partial charge in [0.05, 0.1) is 7.11 Å². The summed E-state index contributed by atoms with van der Waals surface area (Å²) in [5, 5.41) is 1.92. The van der Waals surface area contributed by atoms with E-state index < -0.39 is 0 Å². The maximum atomic E-state index is 12.6. The van der Waals surface area contributed by atoms with Crippen LogP contribution in [0.25, 0.3) is 0 Å². The zero-order chi connectivity index (χ0) is 17.8. The van der Waals surface area contributed by atoms with Crippen LogP contribution >= 0.6 is 0 Å². The number of hydrogen-bond donors (Lipinski definition) is 1. The molecule has 2 fully saturated rings. The zero-order valence-corrected chi connectivity index (χ0v) is 14.8. The molecule has 1 N–H and O–H groups in total. The van der Waals surface area contributed by atoms with Gasteiger partial charge in [-0.25, -0.2) is 9.80 Å². The van der Waals surface area contributed by atoms with E-state index in [1.165, 1.54) is 0 Å². The molecule has 2 heterocycles. The summed E-state index contributed by atoms with van der Waals surface area (Å²) in [5.41, 5.74) is 3.71. The fourth-order valence-electron chi connectivity index (χ4n) is 3.03. The first kappa shape index (κ1) is 17.5. The Hall–Kier alpha value is -2.32. The van der Waals surface area contributed by atoms with Gasteiger partial charge in [-0.05, 0) is 31.3 Å². The van der Waals surface area contributed by atoms with Crippen molar-refractivity contribution in [3.05, 3.63) is 24.3 Å². The molecule has 0 aromatic heterocycles. The molecule has 2 aliphatic rings. The average molecular weight is 347 g/mol. The van der Waals surface area contributed by atoms with E-state index in [1.54, 1.807) is 16.9 Å². The van der Waals surface area contributed by atoms with Crippen molar-refractivity contribution in [1.82, 2.24) is 20.2 Å². The number of urea groups is 1. The minimum Gasteiger partial charge on any atom is -0.497 e. The molecule has 0 aliphatic carbocycles. The lowest BCUT2D eigenvalue weighted by Gasteiger charge is -2.32. The standard InChI is InChI=1S/C17H25N5O3/c1-19-7-10-21(11-8-19)18-16(23)13-20-9-12-22(17(20)24)14-3-5-15(25-2)6-4-14/h3-6H,7-13H2,1-2H3,(H,18,23). The number of amides is 3. The molecule has 0 unspecified atom stereocenters. The molecule has 8 nitrogen and oxygen atoms in total. The highest BCUT2D eigenvalue weighted by atomic mass is 16.5. The highest BCUT2D eigenvalue weighted by Gasteiger charge is 2.31. The third kappa shape index (κ3) is 4.21. The van der Waals surface area contributed by atoms with Crippen molar-refractivity contribution in [2.24, 2.45) is 0 Å². The van der Waals surface area contributed by atoms with Crippen LogP contribution in [0.15, 0.2) is 24.3 Å². The van der Waals surface area contributed by atoms with E-state index in [-0.39, 0.29) is 18.5 Å². The maximum Gasteiger partial charge on any atom is 0.325 e. The van der Waals surface area contributed by atoms with Crippen molar-refractivity contribution in [2.45, 2.75) is 0 Å². The van der Waals surface area contributed by atoms with Gasteiger partial charge in [-0.3, -0.25) is 15.1 Å². The fourth-order valence-corrected chi connectivity index (χ4v) is 3.03. The van der Waals surface area contributed by atoms with Crippen LogP contribution < -0.4 is 15.1 Å². The van der Waals surface area contributed by atoms with Crippen LogP contribution in [0.1, 0.15) is 0 Å². The summed E-state index contributed by atoms with van der Waals surface area (Å²) in [5.74, 6) is 0.605. The van der Waals surface area contributed by atoms with Gasteiger partial charge in [-0.1, -0.05) is 0 Å². The van der Waals surface area contributed by atoms with E-state index in [4.69, 9.17) is 4.74 Å². The van der Waals surface area contributed by atoms with Gasteiger partial charge < -0.3 is 14.5 Å². The van der Waals surface area contributed by atoms with Gasteiger partial charge in [0.2, 0.25) is 0 Å². The molecule has 0 spiro atoms. The first-order valence-corrected chi connectivity index (χ1v) is 8.50. The molecule has 0 radical (unpaired) electrons. The van der Waals surface area contributed by atoms with Crippen LogP contribution in [-0.4, -0.2) is 86.7 Å². The number of carbonyl (C=O) groups excluding carboxylic acids is 2. The number of benzene rings is 1. The van der Waals surface area contributed by atoms with E-state index in [0.29, 0.717) is 13.1 Å². The van der Waals surface area contributed by atoms with Crippen LogP contribution in [0, 0.1) is 0 Å². The summed E-state index contributed by atoms with van der Waals surface area (Å²) < 4.78 is 5.14. The Balaban J connectivity index is 1.52. The Morgan fingerprint density at radius 3 is 2.40 bits per heavy atom. The molecule has 0 atom stereocenters. The molecule has 25 heavy (non-hydrogen) atoms. The lowest BCUT2D eigenvalue weighted by atomic mass is 10.3. The monoisotopic (exact) mass is 347 g/mol. The van der Waals surface area contributed by atoms with Crippen molar-refractivity contribution in [3.63, 3.8) is 0 Å². The summed E-state index contributed by atoms with van der Waals surface area (Å²) in [6, 6.07) is 7.21. The molecule has 3 amide bonds. The van der Waals surface area contributed by atoms with Crippen molar-refractivity contribution in [3.8, 4) is 5.75 Å². The predicted molar refractivity (Wildman–Crippen MR) is 94.5 cm³/mol. The van der Waals surface area contributed by atoms with E-state index in [2.05, 4.69) is 17.4 Å². The highest BCUT2D eigenvalue weighted by molar-refractivity contribution is 5.96. The first-order chi connectivity index (χ1) is 12.1. The molecule has 2 aliphatic heterocycles. The van der Waals surface area contributed by atoms with Gasteiger partial charge in [0.25, 0.3) is 5.91 Å². The molecular formula is C17H25N5O3. The largest absolute Gasteiger partial charge is 0.497 e. The minimum absolute atomic E-state index is 0.0812. The Labute approximate surface area is 147 Å². The third-order valence-electron chi connectivity index (χ3n) is 4.60. The molecule has 0 saturated carbocycles. The Kier molecular flexibility index (Phi) is 5.40. The number of ether oxygens (including phenoxy) is 1. The quantitative estimate of drug-likeness (QED) is 0.825. The number of nitrogens with zero attached hydrogens (tertiary/aromatic N) is 4. The Bertz CT molecular complexity index is 613. The molecule has 1 aromatic rings. The molecular weight excluding hydrogens is 322 g/mol. The number of hydrazine groups is 1. The van der Waals surface area contributed by atoms with E-state index in [1.807, 2.05) is 29.3 Å². The lowest BCUT2D eigenvalue weighted by Crippen LogP contribution is -2.54. The second-order valence-electron chi connectivity index (χ2n) is 6.38. The van der Waals surface area contributed by atoms with Crippen molar-refractivity contribution in [1.29, 1.82) is 0 Å². The molecule has 2 saturated heterocycles. The van der Waals surface area contributed by atoms with Gasteiger partial charge in [0.1, 0.15) is 12.3 Å². The summed E-state index contributed by atoms with van der Waals surface area (Å²) in [4.78, 5) is 30.3. The van der Waals surface area contributed by atoms with Gasteiger partial charge in [-0.2, -0.15) is 0 Å². The van der Waals surface area contributed by atoms with Crippen molar-refractivity contribution in [2.75, 3.05) is 64.9 Å². The third-order valence-corrected chi connectivity index (χ3v) is 4.60. The highest BCUT2D eigenvalue weighted by Crippen LogP contribution is 2.23. The summed E-state index contributed by atoms with van der Waals surface area (Å²) in [6.07, 6.45) is 0. The second-order valence-corrected chi connectivity index (χ2v) is 6.38. The molecule has 1 aromatic carbocycles. The minimum atomic E-state index is -0.144. The molecule has 3 rings (SSSR count). The van der Waals surface area contributed by atoms with Crippen molar-refractivity contribution >= 4 is 17.6 Å². The zero-order valence-electron chi connectivity index (χ0n) is 14.8. The van der Waals surface area contributed by atoms with Gasteiger partial charge >= 0.3 is 6.03 Å². The van der Waals surface area contributed by atoms with Crippen molar-refractivity contribution < 1.29 is 14.3 Å². The van der Waals surface area contributed by atoms with Gasteiger partial charge in [0.15, 0.2) is 0 Å². The predicted octanol–water partition coefficient (Wildman–Crippen LogP) is 0.216. The number of piperazine rings is 1. The number of anilines is 1. The van der Waals surface area contributed by atoms with E-state index in [9.17, 15) is 9.59 Å². The SMILES string of the molecule is COc1ccc(N2CCN(CC(=O)NN3CCN(C)CC3)C2=O)cc1. The fraction of sp³-hybridized carbons (Fsp3) is 0.529. The van der Waals surface area contributed by atoms with Crippen LogP contribution in [0.2, 0.25) is 0 Å². The van der Waals surface area contributed by atoms with Crippen LogP contribution in [0.4, 0.5) is 10.5 Å². The van der Waals surface area contributed by atoms with Crippen LogP contribution in [0.3, 0.4) is 0 Å². The topological polar surface area (TPSA) is 68.4 Å². The molecule has 136 valence electrons. The summed E-state index contributed by atoms with van der Waals surface area (Å²) in [7, 11) is 3.67. The molecule has 0 bridgehead atoms. The number of rotatable bonds is 5. The van der Waals surface area contributed by atoms with Crippen LogP contribution in [-0.2, 0) is 4.79 Å². The summed E-state index contributed by atoms with van der Waals surface area (Å²) in [6.45, 7) is 4.65. The van der Waals surface area contributed by atoms with Gasteiger partial charge in [-0.15, -0.1) is 0 Å². The Morgan fingerprint density at radius 1 is 1.08 bits per heavy atom. The number of nitrogens with one attached hydrogen (secondary N) is 1.